The van der Waals surface area contributed by atoms with Crippen LogP contribution < -0.4 is 0 Å². The average molecular weight is 1140 g/mol. The summed E-state index contributed by atoms with van der Waals surface area (Å²) < 4.78 is 16.9. The van der Waals surface area contributed by atoms with Crippen LogP contribution in [0, 0.1) is 0 Å². The molecule has 0 radical (unpaired) electrons. The molecule has 0 aromatic rings. The number of hydrogen-bond donors (Lipinski definition) is 0. The Morgan fingerprint density at radius 1 is 0.256 bits per heavy atom. The van der Waals surface area contributed by atoms with Gasteiger partial charge in [-0.25, -0.2) is 0 Å². The lowest BCUT2D eigenvalue weighted by atomic mass is 10.0. The first-order valence-corrected chi connectivity index (χ1v) is 34.5. The van der Waals surface area contributed by atoms with Crippen LogP contribution in [0.2, 0.25) is 0 Å². The Kier molecular flexibility index (Phi) is 65.8. The van der Waals surface area contributed by atoms with Gasteiger partial charge >= 0.3 is 17.9 Å². The van der Waals surface area contributed by atoms with Gasteiger partial charge in [0, 0.05) is 19.3 Å². The Hall–Kier alpha value is -4.19. The minimum atomic E-state index is -0.792. The van der Waals surface area contributed by atoms with E-state index in [9.17, 15) is 14.4 Å². The summed E-state index contributed by atoms with van der Waals surface area (Å²) in [6.45, 7) is 6.42. The van der Waals surface area contributed by atoms with E-state index in [4.69, 9.17) is 14.2 Å². The molecule has 0 saturated heterocycles. The van der Waals surface area contributed by atoms with E-state index in [1.165, 1.54) is 148 Å². The topological polar surface area (TPSA) is 78.9 Å². The van der Waals surface area contributed by atoms with Gasteiger partial charge in [-0.05, 0) is 109 Å². The zero-order valence-electron chi connectivity index (χ0n) is 53.7. The molecule has 0 fully saturated rings. The number of unbranched alkanes of at least 4 members (excludes halogenated alkanes) is 31. The average Bonchev–Trinajstić information content (AvgIpc) is 3.47. The van der Waals surface area contributed by atoms with Crippen molar-refractivity contribution < 1.29 is 28.6 Å². The number of carbonyl (C=O) groups excluding carboxylic acids is 3. The Morgan fingerprint density at radius 2 is 0.476 bits per heavy atom. The van der Waals surface area contributed by atoms with Crippen molar-refractivity contribution in [2.24, 2.45) is 0 Å². The first kappa shape index (κ1) is 77.8. The highest BCUT2D eigenvalue weighted by Gasteiger charge is 2.19. The number of ether oxygens (including phenoxy) is 3. The maximum absolute atomic E-state index is 12.9. The van der Waals surface area contributed by atoms with Gasteiger partial charge in [0.15, 0.2) is 6.10 Å². The van der Waals surface area contributed by atoms with Crippen molar-refractivity contribution >= 4 is 17.9 Å². The molecule has 0 N–H and O–H groups in total. The molecule has 1 unspecified atom stereocenters. The second kappa shape index (κ2) is 69.3. The normalized spacial score (nSPS) is 12.9. The van der Waals surface area contributed by atoms with E-state index in [1.54, 1.807) is 0 Å². The second-order valence-electron chi connectivity index (χ2n) is 22.7. The lowest BCUT2D eigenvalue weighted by Crippen LogP contribution is -2.30. The summed E-state index contributed by atoms with van der Waals surface area (Å²) in [6, 6.07) is 0. The number of hydrogen-bond acceptors (Lipinski definition) is 6. The van der Waals surface area contributed by atoms with Crippen LogP contribution in [0.15, 0.2) is 122 Å². The molecule has 468 valence electrons. The predicted octanol–water partition coefficient (Wildman–Crippen LogP) is 23.9. The first-order valence-electron chi connectivity index (χ1n) is 34.5. The molecule has 1 atom stereocenters. The van der Waals surface area contributed by atoms with Crippen molar-refractivity contribution in [1.29, 1.82) is 0 Å². The number of esters is 3. The Bertz CT molecular complexity index is 1690. The number of rotatable bonds is 62. The highest BCUT2D eigenvalue weighted by atomic mass is 16.6. The first-order chi connectivity index (χ1) is 40.5. The van der Waals surface area contributed by atoms with E-state index in [-0.39, 0.29) is 31.1 Å². The Morgan fingerprint density at radius 3 is 0.744 bits per heavy atom. The predicted molar refractivity (Wildman–Crippen MR) is 357 cm³/mol. The maximum atomic E-state index is 12.9. The van der Waals surface area contributed by atoms with E-state index in [1.807, 2.05) is 0 Å². The van der Waals surface area contributed by atoms with Crippen molar-refractivity contribution in [1.82, 2.24) is 0 Å². The molecular weight excluding hydrogens is 1010 g/mol. The van der Waals surface area contributed by atoms with Crippen molar-refractivity contribution in [2.75, 3.05) is 13.2 Å². The monoisotopic (exact) mass is 1140 g/mol. The van der Waals surface area contributed by atoms with Crippen LogP contribution >= 0.6 is 0 Å². The summed E-state index contributed by atoms with van der Waals surface area (Å²) in [7, 11) is 0. The summed E-state index contributed by atoms with van der Waals surface area (Å²) in [6.07, 6.45) is 96.5. The molecule has 0 rings (SSSR count). The van der Waals surface area contributed by atoms with Gasteiger partial charge in [0.2, 0.25) is 0 Å². The van der Waals surface area contributed by atoms with Crippen molar-refractivity contribution in [3.8, 4) is 0 Å². The standard InChI is InChI=1S/C76H128O6/c1-4-7-10-13-16-19-22-25-28-30-31-32-33-34-35-36-37-38-39-40-41-42-43-44-45-47-48-51-54-57-60-63-66-69-75(78)81-72-73(71-80-74(77)68-65-62-59-56-53-50-27-24-21-18-15-12-9-6-3)82-76(79)70-67-64-61-58-55-52-49-46-29-26-23-20-17-14-11-8-5-2/h7-8,10-11,16-17,19-20,25-26,28-29,31-32,34-35,37-38,49,52,73H,4-6,9,12-15,18,21-24,27,30,33,36,39-48,50-51,53-72H2,1-3H3/b10-7-,11-8-,19-16-,20-17-,28-25-,29-26-,32-31-,35-34-,38-37-,52-49-. The molecule has 0 bridgehead atoms. The molecule has 0 aliphatic rings. The molecule has 0 aliphatic carbocycles. The van der Waals surface area contributed by atoms with Crippen LogP contribution in [0.4, 0.5) is 0 Å². The van der Waals surface area contributed by atoms with Gasteiger partial charge in [-0.15, -0.1) is 0 Å². The molecule has 0 spiro atoms. The van der Waals surface area contributed by atoms with Crippen molar-refractivity contribution in [3.05, 3.63) is 122 Å². The van der Waals surface area contributed by atoms with Gasteiger partial charge < -0.3 is 14.2 Å². The van der Waals surface area contributed by atoms with E-state index in [2.05, 4.69) is 142 Å². The smallest absolute Gasteiger partial charge is 0.306 e. The van der Waals surface area contributed by atoms with E-state index in [0.717, 1.165) is 135 Å². The second-order valence-corrected chi connectivity index (χ2v) is 22.7. The van der Waals surface area contributed by atoms with Gasteiger partial charge in [0.05, 0.1) is 0 Å². The Balaban J connectivity index is 4.24. The summed E-state index contributed by atoms with van der Waals surface area (Å²) in [4.78, 5) is 38.4. The van der Waals surface area contributed by atoms with Crippen LogP contribution in [0.5, 0.6) is 0 Å². The third kappa shape index (κ3) is 66.6. The van der Waals surface area contributed by atoms with E-state index < -0.39 is 6.10 Å². The molecule has 0 aromatic heterocycles. The summed E-state index contributed by atoms with van der Waals surface area (Å²) >= 11 is 0. The minimum Gasteiger partial charge on any atom is -0.462 e. The maximum Gasteiger partial charge on any atom is 0.306 e. The lowest BCUT2D eigenvalue weighted by Gasteiger charge is -2.18. The van der Waals surface area contributed by atoms with Crippen LogP contribution in [-0.4, -0.2) is 37.2 Å². The van der Waals surface area contributed by atoms with Crippen LogP contribution in [-0.2, 0) is 28.6 Å². The SMILES string of the molecule is CC/C=C\C/C=C\C/C=C\C/C=C\C/C=C\C/C=C\CCCCCCCCCCCCCCCCC(=O)OCC(COC(=O)CCCCCCCCCCCCCCCC)OC(=O)CCCCCC/C=C\C/C=C\C/C=C\C/C=C\CC. The fraction of sp³-hybridized carbons (Fsp3) is 0.697. The number of carbonyl (C=O) groups is 3. The zero-order chi connectivity index (χ0) is 59.2. The van der Waals surface area contributed by atoms with Crippen LogP contribution in [0.25, 0.3) is 0 Å². The molecular formula is C76H128O6. The highest BCUT2D eigenvalue weighted by Crippen LogP contribution is 2.17. The number of allylic oxidation sites excluding steroid dienone is 20. The molecule has 82 heavy (non-hydrogen) atoms. The van der Waals surface area contributed by atoms with E-state index >= 15 is 0 Å². The molecule has 0 amide bonds. The van der Waals surface area contributed by atoms with Gasteiger partial charge in [-0.2, -0.15) is 0 Å². The van der Waals surface area contributed by atoms with Gasteiger partial charge in [0.1, 0.15) is 13.2 Å². The fourth-order valence-electron chi connectivity index (χ4n) is 9.62. The third-order valence-electron chi connectivity index (χ3n) is 14.7. The fourth-order valence-corrected chi connectivity index (χ4v) is 9.62. The molecule has 0 heterocycles. The highest BCUT2D eigenvalue weighted by molar-refractivity contribution is 5.71. The summed E-state index contributed by atoms with van der Waals surface area (Å²) in [5.41, 5.74) is 0. The summed E-state index contributed by atoms with van der Waals surface area (Å²) in [5, 5.41) is 0. The Labute approximate surface area is 507 Å². The minimum absolute atomic E-state index is 0.0857. The van der Waals surface area contributed by atoms with Crippen LogP contribution in [0.3, 0.4) is 0 Å². The van der Waals surface area contributed by atoms with Crippen LogP contribution in [0.1, 0.15) is 323 Å². The quantitative estimate of drug-likeness (QED) is 0.0261. The third-order valence-corrected chi connectivity index (χ3v) is 14.7. The van der Waals surface area contributed by atoms with E-state index in [0.29, 0.717) is 19.3 Å². The molecule has 0 aromatic carbocycles. The summed E-state index contributed by atoms with van der Waals surface area (Å²) in [5.74, 6) is -0.899. The van der Waals surface area contributed by atoms with Crippen molar-refractivity contribution in [2.45, 2.75) is 329 Å². The molecule has 6 nitrogen and oxygen atoms in total. The zero-order valence-corrected chi connectivity index (χ0v) is 53.7. The molecule has 6 heteroatoms. The lowest BCUT2D eigenvalue weighted by molar-refractivity contribution is -0.167. The van der Waals surface area contributed by atoms with Gasteiger partial charge in [0.25, 0.3) is 0 Å². The van der Waals surface area contributed by atoms with Gasteiger partial charge in [-0.1, -0.05) is 316 Å². The molecule has 0 saturated carbocycles. The van der Waals surface area contributed by atoms with Gasteiger partial charge in [-0.3, -0.25) is 14.4 Å². The largest absolute Gasteiger partial charge is 0.462 e. The molecule has 0 aliphatic heterocycles. The van der Waals surface area contributed by atoms with Crippen molar-refractivity contribution in [3.63, 3.8) is 0 Å².